The molecule has 1 heterocycles. The fraction of sp³-hybridized carbons (Fsp3) is 0.471. The van der Waals surface area contributed by atoms with E-state index in [0.29, 0.717) is 6.54 Å². The fourth-order valence-corrected chi connectivity index (χ4v) is 2.38. The monoisotopic (exact) mass is 288 g/mol. The highest BCUT2D eigenvalue weighted by Crippen LogP contribution is 2.28. The number of benzene rings is 1. The van der Waals surface area contributed by atoms with Gasteiger partial charge < -0.3 is 15.1 Å². The largest absolute Gasteiger partial charge is 0.459 e. The summed E-state index contributed by atoms with van der Waals surface area (Å²) in [7, 11) is 0. The minimum absolute atomic E-state index is 0.0278. The second kappa shape index (κ2) is 6.76. The van der Waals surface area contributed by atoms with Crippen molar-refractivity contribution in [2.24, 2.45) is 5.92 Å². The molecule has 1 amide bonds. The quantitative estimate of drug-likeness (QED) is 0.803. The van der Waals surface area contributed by atoms with Crippen molar-refractivity contribution in [1.82, 2.24) is 10.6 Å². The van der Waals surface area contributed by atoms with Gasteiger partial charge in [-0.05, 0) is 25.5 Å². The number of aryl methyl sites for hydroxylation is 1. The molecule has 0 aliphatic heterocycles. The molecule has 0 radical (unpaired) electrons. The van der Waals surface area contributed by atoms with E-state index < -0.39 is 0 Å². The number of nitrogens with one attached hydrogen (secondary N) is 2. The van der Waals surface area contributed by atoms with E-state index in [0.717, 1.165) is 23.3 Å². The lowest BCUT2D eigenvalue weighted by molar-refractivity contribution is -0.123. The van der Waals surface area contributed by atoms with Crippen molar-refractivity contribution in [3.05, 3.63) is 35.6 Å². The summed E-state index contributed by atoms with van der Waals surface area (Å²) in [6.45, 7) is 9.29. The van der Waals surface area contributed by atoms with E-state index >= 15 is 0 Å². The first-order valence-corrected chi connectivity index (χ1v) is 7.49. The van der Waals surface area contributed by atoms with E-state index in [4.69, 9.17) is 4.42 Å². The van der Waals surface area contributed by atoms with Gasteiger partial charge in [0.1, 0.15) is 11.3 Å². The van der Waals surface area contributed by atoms with E-state index in [1.54, 1.807) is 0 Å². The lowest BCUT2D eigenvalue weighted by Gasteiger charge is -2.13. The molecular weight excluding hydrogens is 264 g/mol. The van der Waals surface area contributed by atoms with Crippen LogP contribution in [0.5, 0.6) is 0 Å². The second-order valence-corrected chi connectivity index (χ2v) is 5.71. The summed E-state index contributed by atoms with van der Waals surface area (Å²) in [4.78, 5) is 11.5. The van der Waals surface area contributed by atoms with Gasteiger partial charge in [0.05, 0.1) is 6.04 Å². The lowest BCUT2D eigenvalue weighted by Crippen LogP contribution is -2.35. The van der Waals surface area contributed by atoms with Crippen molar-refractivity contribution < 1.29 is 9.21 Å². The first-order valence-electron chi connectivity index (χ1n) is 7.49. The molecule has 0 aliphatic rings. The van der Waals surface area contributed by atoms with Crippen LogP contribution in [0, 0.1) is 12.8 Å². The Morgan fingerprint density at radius 2 is 1.90 bits per heavy atom. The SMILES string of the molecule is Cc1c(C(C)NCCNC(=O)C(C)C)oc2ccccc12. The van der Waals surface area contributed by atoms with Gasteiger partial charge in [-0.15, -0.1) is 0 Å². The van der Waals surface area contributed by atoms with Crippen LogP contribution < -0.4 is 10.6 Å². The standard InChI is InChI=1S/C17H24N2O2/c1-11(2)17(20)19-10-9-18-13(4)16-12(3)14-7-5-6-8-15(14)21-16/h5-8,11,13,18H,9-10H2,1-4H3,(H,19,20). The van der Waals surface area contributed by atoms with Crippen LogP contribution in [0.15, 0.2) is 28.7 Å². The van der Waals surface area contributed by atoms with Crippen LogP contribution in [-0.4, -0.2) is 19.0 Å². The normalized spacial score (nSPS) is 12.8. The molecule has 0 saturated heterocycles. The third-order valence-electron chi connectivity index (χ3n) is 3.67. The Balaban J connectivity index is 1.92. The number of furan rings is 1. The maximum absolute atomic E-state index is 11.5. The molecule has 2 aromatic rings. The maximum atomic E-state index is 11.5. The average Bonchev–Trinajstić information content (AvgIpc) is 2.81. The van der Waals surface area contributed by atoms with Gasteiger partial charge in [0.25, 0.3) is 0 Å². The molecular formula is C17H24N2O2. The number of rotatable bonds is 6. The fourth-order valence-electron chi connectivity index (χ4n) is 2.38. The van der Waals surface area contributed by atoms with E-state index in [-0.39, 0.29) is 17.9 Å². The summed E-state index contributed by atoms with van der Waals surface area (Å²) in [6, 6.07) is 8.19. The summed E-state index contributed by atoms with van der Waals surface area (Å²) >= 11 is 0. The Morgan fingerprint density at radius 1 is 1.19 bits per heavy atom. The molecule has 2 N–H and O–H groups in total. The maximum Gasteiger partial charge on any atom is 0.222 e. The van der Waals surface area contributed by atoms with E-state index in [2.05, 4.69) is 30.5 Å². The highest BCUT2D eigenvalue weighted by molar-refractivity contribution is 5.82. The van der Waals surface area contributed by atoms with Gasteiger partial charge in [0, 0.05) is 24.4 Å². The lowest BCUT2D eigenvalue weighted by atomic mass is 10.1. The topological polar surface area (TPSA) is 54.3 Å². The van der Waals surface area contributed by atoms with Crippen LogP contribution in [0.25, 0.3) is 11.0 Å². The minimum atomic E-state index is 0.0278. The van der Waals surface area contributed by atoms with Gasteiger partial charge in [-0.2, -0.15) is 0 Å². The molecule has 0 spiro atoms. The molecule has 21 heavy (non-hydrogen) atoms. The van der Waals surface area contributed by atoms with Crippen molar-refractivity contribution in [3.8, 4) is 0 Å². The van der Waals surface area contributed by atoms with Gasteiger partial charge in [0.15, 0.2) is 0 Å². The van der Waals surface area contributed by atoms with Gasteiger partial charge in [-0.1, -0.05) is 32.0 Å². The number of fused-ring (bicyclic) bond motifs is 1. The Hall–Kier alpha value is -1.81. The van der Waals surface area contributed by atoms with Crippen LogP contribution in [0.2, 0.25) is 0 Å². The van der Waals surface area contributed by atoms with Crippen molar-refractivity contribution in [2.45, 2.75) is 33.7 Å². The molecule has 114 valence electrons. The number of hydrogen-bond acceptors (Lipinski definition) is 3. The van der Waals surface area contributed by atoms with Crippen LogP contribution >= 0.6 is 0 Å². The van der Waals surface area contributed by atoms with Crippen molar-refractivity contribution in [1.29, 1.82) is 0 Å². The zero-order chi connectivity index (χ0) is 15.4. The average molecular weight is 288 g/mol. The molecule has 4 nitrogen and oxygen atoms in total. The van der Waals surface area contributed by atoms with Crippen LogP contribution in [0.1, 0.15) is 38.1 Å². The smallest absolute Gasteiger partial charge is 0.222 e. The Labute approximate surface area is 125 Å². The predicted molar refractivity (Wildman–Crippen MR) is 85.2 cm³/mol. The number of hydrogen-bond donors (Lipinski definition) is 2. The van der Waals surface area contributed by atoms with Crippen LogP contribution in [-0.2, 0) is 4.79 Å². The van der Waals surface area contributed by atoms with Gasteiger partial charge >= 0.3 is 0 Å². The van der Waals surface area contributed by atoms with E-state index in [1.807, 2.05) is 32.0 Å². The number of carbonyl (C=O) groups excluding carboxylic acids is 1. The molecule has 2 rings (SSSR count). The highest BCUT2D eigenvalue weighted by Gasteiger charge is 2.15. The number of amides is 1. The Bertz CT molecular complexity index is 616. The number of carbonyl (C=O) groups is 1. The Kier molecular flexibility index (Phi) is 5.02. The molecule has 1 aromatic carbocycles. The molecule has 1 aromatic heterocycles. The molecule has 0 saturated carbocycles. The van der Waals surface area contributed by atoms with Crippen molar-refractivity contribution in [2.75, 3.05) is 13.1 Å². The highest BCUT2D eigenvalue weighted by atomic mass is 16.3. The summed E-state index contributed by atoms with van der Waals surface area (Å²) in [5, 5.41) is 7.45. The van der Waals surface area contributed by atoms with Gasteiger partial charge in [-0.3, -0.25) is 4.79 Å². The summed E-state index contributed by atoms with van der Waals surface area (Å²) in [6.07, 6.45) is 0. The van der Waals surface area contributed by atoms with Crippen molar-refractivity contribution >= 4 is 16.9 Å². The Morgan fingerprint density at radius 3 is 2.57 bits per heavy atom. The zero-order valence-corrected chi connectivity index (χ0v) is 13.2. The molecule has 0 fully saturated rings. The molecule has 4 heteroatoms. The van der Waals surface area contributed by atoms with Crippen molar-refractivity contribution in [3.63, 3.8) is 0 Å². The summed E-state index contributed by atoms with van der Waals surface area (Å²) in [5.74, 6) is 1.08. The third-order valence-corrected chi connectivity index (χ3v) is 3.67. The molecule has 0 aliphatic carbocycles. The van der Waals surface area contributed by atoms with Crippen LogP contribution in [0.3, 0.4) is 0 Å². The first-order chi connectivity index (χ1) is 10.0. The molecule has 0 bridgehead atoms. The van der Waals surface area contributed by atoms with Crippen LogP contribution in [0.4, 0.5) is 0 Å². The molecule has 1 atom stereocenters. The third kappa shape index (κ3) is 3.64. The first kappa shape index (κ1) is 15.6. The van der Waals surface area contributed by atoms with Gasteiger partial charge in [0.2, 0.25) is 5.91 Å². The predicted octanol–water partition coefficient (Wildman–Crippen LogP) is 3.16. The minimum Gasteiger partial charge on any atom is -0.459 e. The number of para-hydroxylation sites is 1. The van der Waals surface area contributed by atoms with E-state index in [1.165, 1.54) is 5.56 Å². The summed E-state index contributed by atoms with van der Waals surface area (Å²) < 4.78 is 5.93. The van der Waals surface area contributed by atoms with E-state index in [9.17, 15) is 4.79 Å². The zero-order valence-electron chi connectivity index (χ0n) is 13.2. The summed E-state index contributed by atoms with van der Waals surface area (Å²) in [5.41, 5.74) is 2.10. The molecule has 1 unspecified atom stereocenters. The second-order valence-electron chi connectivity index (χ2n) is 5.71. The van der Waals surface area contributed by atoms with Gasteiger partial charge in [-0.25, -0.2) is 0 Å².